The van der Waals surface area contributed by atoms with Gasteiger partial charge in [-0.25, -0.2) is 8.42 Å². The fraction of sp³-hybridized carbons (Fsp3) is 0.417. The van der Waals surface area contributed by atoms with Crippen LogP contribution in [0.2, 0.25) is 20.1 Å². The minimum absolute atomic E-state index is 0.0498. The fourth-order valence-corrected chi connectivity index (χ4v) is 5.24. The zero-order valence-electron chi connectivity index (χ0n) is 20.6. The van der Waals surface area contributed by atoms with Crippen molar-refractivity contribution in [3.8, 4) is 0 Å². The number of sulfonamides is 1. The maximum absolute atomic E-state index is 13.7. The van der Waals surface area contributed by atoms with Crippen LogP contribution in [0.3, 0.4) is 0 Å². The van der Waals surface area contributed by atoms with Crippen LogP contribution in [-0.4, -0.2) is 49.5 Å². The Labute approximate surface area is 232 Å². The average molecular weight is 597 g/mol. The molecule has 0 heterocycles. The number of rotatable bonds is 9. The van der Waals surface area contributed by atoms with Crippen molar-refractivity contribution in [1.29, 1.82) is 0 Å². The Hall–Kier alpha value is -1.71. The Morgan fingerprint density at radius 3 is 2.08 bits per heavy atom. The van der Waals surface area contributed by atoms with Crippen LogP contribution in [0.1, 0.15) is 39.7 Å². The van der Waals surface area contributed by atoms with Crippen molar-refractivity contribution in [2.24, 2.45) is 0 Å². The van der Waals surface area contributed by atoms with Crippen molar-refractivity contribution in [2.75, 3.05) is 17.1 Å². The van der Waals surface area contributed by atoms with E-state index in [4.69, 9.17) is 46.4 Å². The van der Waals surface area contributed by atoms with E-state index >= 15 is 0 Å². The van der Waals surface area contributed by atoms with Gasteiger partial charge in [-0.05, 0) is 63.1 Å². The van der Waals surface area contributed by atoms with E-state index in [1.807, 2.05) is 20.8 Å². The summed E-state index contributed by atoms with van der Waals surface area (Å²) >= 11 is 24.7. The van der Waals surface area contributed by atoms with Gasteiger partial charge in [-0.2, -0.15) is 0 Å². The molecule has 0 saturated carbocycles. The lowest BCUT2D eigenvalue weighted by molar-refractivity contribution is -0.141. The number of benzene rings is 2. The van der Waals surface area contributed by atoms with Crippen molar-refractivity contribution in [3.63, 3.8) is 0 Å². The Kier molecular flexibility index (Phi) is 10.4. The van der Waals surface area contributed by atoms with Crippen molar-refractivity contribution in [2.45, 2.75) is 52.2 Å². The summed E-state index contributed by atoms with van der Waals surface area (Å²) in [7, 11) is -3.96. The van der Waals surface area contributed by atoms with Gasteiger partial charge in [0.1, 0.15) is 12.6 Å². The Bertz CT molecular complexity index is 1230. The maximum atomic E-state index is 13.7. The van der Waals surface area contributed by atoms with Gasteiger partial charge in [0.15, 0.2) is 0 Å². The van der Waals surface area contributed by atoms with Crippen LogP contribution in [0.4, 0.5) is 5.69 Å². The summed E-state index contributed by atoms with van der Waals surface area (Å²) in [4.78, 5) is 28.2. The summed E-state index contributed by atoms with van der Waals surface area (Å²) in [6.07, 6.45) is 1.23. The molecule has 2 amide bonds. The van der Waals surface area contributed by atoms with Gasteiger partial charge in [0.2, 0.25) is 21.8 Å². The van der Waals surface area contributed by atoms with E-state index in [0.29, 0.717) is 15.6 Å². The lowest BCUT2D eigenvalue weighted by Gasteiger charge is -2.34. The lowest BCUT2D eigenvalue weighted by atomic mass is 10.1. The van der Waals surface area contributed by atoms with Crippen molar-refractivity contribution in [3.05, 3.63) is 62.1 Å². The quantitative estimate of drug-likeness (QED) is 0.397. The molecule has 1 N–H and O–H groups in total. The summed E-state index contributed by atoms with van der Waals surface area (Å²) in [5.41, 5.74) is 0.0457. The van der Waals surface area contributed by atoms with Crippen LogP contribution in [-0.2, 0) is 26.2 Å². The number of carbonyl (C=O) groups excluding carboxylic acids is 2. The molecule has 2 aromatic rings. The van der Waals surface area contributed by atoms with E-state index in [2.05, 4.69) is 5.32 Å². The number of hydrogen-bond donors (Lipinski definition) is 1. The maximum Gasteiger partial charge on any atom is 0.244 e. The summed E-state index contributed by atoms with van der Waals surface area (Å²) < 4.78 is 26.3. The van der Waals surface area contributed by atoms with Gasteiger partial charge < -0.3 is 10.2 Å². The first kappa shape index (κ1) is 30.5. The van der Waals surface area contributed by atoms with E-state index in [9.17, 15) is 18.0 Å². The summed E-state index contributed by atoms with van der Waals surface area (Å²) in [6, 6.07) is 8.22. The third-order valence-corrected chi connectivity index (χ3v) is 7.36. The molecule has 1 atom stereocenters. The third kappa shape index (κ3) is 8.42. The number of nitrogens with zero attached hydrogens (tertiary/aromatic N) is 2. The van der Waals surface area contributed by atoms with E-state index in [0.717, 1.165) is 10.6 Å². The third-order valence-electron chi connectivity index (χ3n) is 5.10. The summed E-state index contributed by atoms with van der Waals surface area (Å²) in [5, 5.41) is 3.96. The second kappa shape index (κ2) is 12.2. The molecule has 0 saturated heterocycles. The molecule has 0 bridgehead atoms. The van der Waals surface area contributed by atoms with Gasteiger partial charge in [-0.3, -0.25) is 13.9 Å². The number of carbonyl (C=O) groups is 2. The SMILES string of the molecule is CC[C@H](C(=O)NC(C)(C)C)N(Cc1ccc(Cl)cc1Cl)C(=O)CN(c1cc(Cl)ccc1Cl)S(C)(=O)=O. The Morgan fingerprint density at radius 1 is 0.972 bits per heavy atom. The molecular weight excluding hydrogens is 568 g/mol. The first-order valence-corrected chi connectivity index (χ1v) is 14.4. The molecule has 2 rings (SSSR count). The van der Waals surface area contributed by atoms with Crippen molar-refractivity contribution >= 4 is 73.9 Å². The van der Waals surface area contributed by atoms with Gasteiger partial charge >= 0.3 is 0 Å². The standard InChI is InChI=1S/C24H29Cl4N3O4S/c1-6-20(23(33)29-24(2,3)4)30(13-15-7-8-16(25)11-19(15)28)22(32)14-31(36(5,34)35)21-12-17(26)9-10-18(21)27/h7-12,20H,6,13-14H2,1-5H3,(H,29,33)/t20-/m1/s1. The molecule has 0 aliphatic carbocycles. The highest BCUT2D eigenvalue weighted by atomic mass is 35.5. The monoisotopic (exact) mass is 595 g/mol. The molecule has 36 heavy (non-hydrogen) atoms. The van der Waals surface area contributed by atoms with Crippen LogP contribution in [0.5, 0.6) is 0 Å². The van der Waals surface area contributed by atoms with Crippen molar-refractivity contribution in [1.82, 2.24) is 10.2 Å². The second-order valence-electron chi connectivity index (χ2n) is 9.29. The smallest absolute Gasteiger partial charge is 0.244 e. The van der Waals surface area contributed by atoms with Crippen molar-refractivity contribution < 1.29 is 18.0 Å². The molecule has 2 aromatic carbocycles. The van der Waals surface area contributed by atoms with Crippen LogP contribution in [0.25, 0.3) is 0 Å². The fourth-order valence-electron chi connectivity index (χ4n) is 3.48. The zero-order valence-corrected chi connectivity index (χ0v) is 24.5. The Morgan fingerprint density at radius 2 is 1.56 bits per heavy atom. The number of hydrogen-bond acceptors (Lipinski definition) is 4. The topological polar surface area (TPSA) is 86.8 Å². The minimum Gasteiger partial charge on any atom is -0.350 e. The summed E-state index contributed by atoms with van der Waals surface area (Å²) in [6.45, 7) is 6.58. The van der Waals surface area contributed by atoms with Gasteiger partial charge in [0.25, 0.3) is 0 Å². The largest absolute Gasteiger partial charge is 0.350 e. The van der Waals surface area contributed by atoms with Gasteiger partial charge in [-0.1, -0.05) is 59.4 Å². The van der Waals surface area contributed by atoms with Gasteiger partial charge in [0.05, 0.1) is 17.0 Å². The first-order chi connectivity index (χ1) is 16.5. The molecule has 0 aliphatic heterocycles. The average Bonchev–Trinajstić information content (AvgIpc) is 2.73. The molecule has 0 spiro atoms. The molecule has 0 unspecified atom stereocenters. The van der Waals surface area contributed by atoms with E-state index < -0.39 is 34.1 Å². The van der Waals surface area contributed by atoms with Crippen LogP contribution < -0.4 is 9.62 Å². The highest BCUT2D eigenvalue weighted by molar-refractivity contribution is 7.92. The molecule has 198 valence electrons. The highest BCUT2D eigenvalue weighted by Crippen LogP contribution is 2.31. The van der Waals surface area contributed by atoms with Crippen LogP contribution in [0.15, 0.2) is 36.4 Å². The number of amides is 2. The first-order valence-electron chi connectivity index (χ1n) is 11.0. The molecule has 0 fully saturated rings. The molecule has 7 nitrogen and oxygen atoms in total. The van der Waals surface area contributed by atoms with Gasteiger partial charge in [0, 0.05) is 27.2 Å². The zero-order chi connectivity index (χ0) is 27.4. The van der Waals surface area contributed by atoms with E-state index in [-0.39, 0.29) is 34.6 Å². The highest BCUT2D eigenvalue weighted by Gasteiger charge is 2.33. The summed E-state index contributed by atoms with van der Waals surface area (Å²) in [5.74, 6) is -1.01. The normalized spacial score (nSPS) is 12.7. The molecular formula is C24H29Cl4N3O4S. The predicted molar refractivity (Wildman–Crippen MR) is 148 cm³/mol. The predicted octanol–water partition coefficient (Wildman–Crippen LogP) is 5.79. The number of nitrogens with one attached hydrogen (secondary N) is 1. The lowest BCUT2D eigenvalue weighted by Crippen LogP contribution is -2.55. The van der Waals surface area contributed by atoms with E-state index in [1.165, 1.54) is 29.2 Å². The molecule has 0 aromatic heterocycles. The Balaban J connectivity index is 2.54. The van der Waals surface area contributed by atoms with Crippen LogP contribution >= 0.6 is 46.4 Å². The molecule has 12 heteroatoms. The van der Waals surface area contributed by atoms with Crippen LogP contribution in [0, 0.1) is 0 Å². The molecule has 0 radical (unpaired) electrons. The molecule has 0 aliphatic rings. The number of anilines is 1. The van der Waals surface area contributed by atoms with Gasteiger partial charge in [-0.15, -0.1) is 0 Å². The minimum atomic E-state index is -3.96. The second-order valence-corrected chi connectivity index (χ2v) is 12.9. The number of halogens is 4. The van der Waals surface area contributed by atoms with E-state index in [1.54, 1.807) is 19.1 Å².